The summed E-state index contributed by atoms with van der Waals surface area (Å²) in [5, 5.41) is 8.68. The Bertz CT molecular complexity index is 1480. The lowest BCUT2D eigenvalue weighted by atomic mass is 9.76. The second-order valence-corrected chi connectivity index (χ2v) is 11.7. The van der Waals surface area contributed by atoms with Crippen LogP contribution in [0.1, 0.15) is 86.0 Å². The van der Waals surface area contributed by atoms with Crippen LogP contribution in [0, 0.1) is 25.7 Å². The van der Waals surface area contributed by atoms with Crippen LogP contribution in [0.4, 0.5) is 0 Å². The fourth-order valence-electron chi connectivity index (χ4n) is 6.46. The Morgan fingerprint density at radius 3 is 2.58 bits per heavy atom. The first kappa shape index (κ1) is 28.2. The van der Waals surface area contributed by atoms with Gasteiger partial charge in [0, 0.05) is 44.2 Å². The molecule has 1 aliphatic rings. The Balaban J connectivity index is 1.46. The van der Waals surface area contributed by atoms with Gasteiger partial charge in [-0.2, -0.15) is 0 Å². The molecule has 1 aliphatic heterocycles. The van der Waals surface area contributed by atoms with Gasteiger partial charge in [0.2, 0.25) is 0 Å². The van der Waals surface area contributed by atoms with Gasteiger partial charge in [0.05, 0.1) is 12.1 Å². The highest BCUT2D eigenvalue weighted by molar-refractivity contribution is 5.84. The molecule has 0 radical (unpaired) electrons. The third-order valence-corrected chi connectivity index (χ3v) is 9.29. The number of carbonyl (C=O) groups is 1. The molecule has 2 atom stereocenters. The van der Waals surface area contributed by atoms with Crippen molar-refractivity contribution >= 4 is 16.8 Å². The molecule has 2 aromatic carbocycles. The topological polar surface area (TPSA) is 68.8 Å². The number of Topliss-reactive ketones (excluding diaryl/α,β-unsaturated/α-hetero) is 1. The van der Waals surface area contributed by atoms with Gasteiger partial charge in [0.15, 0.2) is 0 Å². The van der Waals surface area contributed by atoms with Crippen LogP contribution in [-0.2, 0) is 24.9 Å². The number of imidazole rings is 1. The van der Waals surface area contributed by atoms with Gasteiger partial charge in [-0.3, -0.25) is 9.69 Å². The molecule has 7 nitrogen and oxygen atoms in total. The number of benzene rings is 2. The average molecular weight is 541 g/mol. The van der Waals surface area contributed by atoms with E-state index in [2.05, 4.69) is 84.0 Å². The minimum Gasteiger partial charge on any atom is -0.329 e. The van der Waals surface area contributed by atoms with E-state index in [1.165, 1.54) is 36.0 Å². The summed E-state index contributed by atoms with van der Waals surface area (Å²) in [6.45, 7) is 14.6. The number of likely N-dealkylation sites (tertiary alicyclic amines) is 1. The largest absolute Gasteiger partial charge is 0.329 e. The molecule has 212 valence electrons. The molecular weight excluding hydrogens is 496 g/mol. The zero-order chi connectivity index (χ0) is 28.4. The molecule has 2 aromatic heterocycles. The van der Waals surface area contributed by atoms with E-state index in [1.807, 2.05) is 20.2 Å². The maximum Gasteiger partial charge on any atom is 0.136 e. The Hall–Kier alpha value is -3.32. The molecule has 5 rings (SSSR count). The predicted molar refractivity (Wildman–Crippen MR) is 160 cm³/mol. The van der Waals surface area contributed by atoms with Crippen LogP contribution in [0.15, 0.2) is 42.7 Å². The Kier molecular flexibility index (Phi) is 8.50. The van der Waals surface area contributed by atoms with E-state index < -0.39 is 0 Å². The van der Waals surface area contributed by atoms with E-state index >= 15 is 0 Å². The van der Waals surface area contributed by atoms with Crippen LogP contribution in [0.5, 0.6) is 0 Å². The Morgan fingerprint density at radius 1 is 1.07 bits per heavy atom. The van der Waals surface area contributed by atoms with E-state index in [0.29, 0.717) is 6.42 Å². The maximum absolute atomic E-state index is 13.1. The van der Waals surface area contributed by atoms with Crippen LogP contribution in [-0.4, -0.2) is 48.3 Å². The summed E-state index contributed by atoms with van der Waals surface area (Å²) < 4.78 is 4.10. The van der Waals surface area contributed by atoms with E-state index in [9.17, 15) is 4.79 Å². The molecule has 0 N–H and O–H groups in total. The number of nitrogens with zero attached hydrogens (tertiary/aromatic N) is 6. The molecule has 4 aromatic rings. The van der Waals surface area contributed by atoms with Crippen molar-refractivity contribution in [2.75, 3.05) is 13.1 Å². The molecule has 0 spiro atoms. The summed E-state index contributed by atoms with van der Waals surface area (Å²) in [7, 11) is 1.92. The highest BCUT2D eigenvalue weighted by Crippen LogP contribution is 2.38. The van der Waals surface area contributed by atoms with Crippen LogP contribution in [0.3, 0.4) is 0 Å². The van der Waals surface area contributed by atoms with Gasteiger partial charge in [-0.1, -0.05) is 56.7 Å². The van der Waals surface area contributed by atoms with Gasteiger partial charge < -0.3 is 4.57 Å². The van der Waals surface area contributed by atoms with Crippen molar-refractivity contribution < 1.29 is 4.79 Å². The molecule has 3 heterocycles. The average Bonchev–Trinajstić information content (AvgIpc) is 3.57. The van der Waals surface area contributed by atoms with E-state index in [0.717, 1.165) is 60.1 Å². The summed E-state index contributed by atoms with van der Waals surface area (Å²) in [5.74, 6) is 2.06. The maximum atomic E-state index is 13.1. The molecular formula is C33H44N6O. The van der Waals surface area contributed by atoms with Crippen molar-refractivity contribution in [2.24, 2.45) is 18.9 Å². The van der Waals surface area contributed by atoms with Crippen LogP contribution < -0.4 is 0 Å². The van der Waals surface area contributed by atoms with Gasteiger partial charge in [0.1, 0.15) is 17.1 Å². The molecule has 0 aliphatic carbocycles. The number of aromatic nitrogens is 5. The van der Waals surface area contributed by atoms with Gasteiger partial charge in [0.25, 0.3) is 0 Å². The number of piperidine rings is 1. The molecule has 7 heteroatoms. The number of carbonyl (C=O) groups excluding carboxylic acids is 1. The number of ketones is 1. The summed E-state index contributed by atoms with van der Waals surface area (Å²) in [5.41, 5.74) is 7.84. The Morgan fingerprint density at radius 2 is 1.85 bits per heavy atom. The normalized spacial score (nSPS) is 16.4. The molecule has 0 amide bonds. The zero-order valence-electron chi connectivity index (χ0n) is 25.0. The molecule has 40 heavy (non-hydrogen) atoms. The lowest BCUT2D eigenvalue weighted by molar-refractivity contribution is -0.122. The second kappa shape index (κ2) is 12.0. The van der Waals surface area contributed by atoms with Gasteiger partial charge in [-0.25, -0.2) is 9.67 Å². The minimum absolute atomic E-state index is 0.0553. The van der Waals surface area contributed by atoms with Crippen molar-refractivity contribution in [1.29, 1.82) is 0 Å². The first-order valence-corrected chi connectivity index (χ1v) is 14.9. The predicted octanol–water partition coefficient (Wildman–Crippen LogP) is 6.20. The van der Waals surface area contributed by atoms with E-state index in [4.69, 9.17) is 4.98 Å². The van der Waals surface area contributed by atoms with Gasteiger partial charge in [-0.15, -0.1) is 5.10 Å². The fourth-order valence-corrected chi connectivity index (χ4v) is 6.46. The molecule has 1 unspecified atom stereocenters. The molecule has 1 fully saturated rings. The van der Waals surface area contributed by atoms with Gasteiger partial charge in [-0.05, 0) is 79.6 Å². The molecule has 0 saturated carbocycles. The summed E-state index contributed by atoms with van der Waals surface area (Å²) in [4.78, 5) is 20.4. The fraction of sp³-hybridized carbons (Fsp3) is 0.515. The van der Waals surface area contributed by atoms with Crippen LogP contribution in [0.25, 0.3) is 11.0 Å². The highest BCUT2D eigenvalue weighted by Gasteiger charge is 2.29. The van der Waals surface area contributed by atoms with Crippen molar-refractivity contribution in [1.82, 2.24) is 29.4 Å². The second-order valence-electron chi connectivity index (χ2n) is 11.7. The quantitative estimate of drug-likeness (QED) is 0.240. The first-order valence-electron chi connectivity index (χ1n) is 14.9. The van der Waals surface area contributed by atoms with E-state index in [-0.39, 0.29) is 17.6 Å². The summed E-state index contributed by atoms with van der Waals surface area (Å²) >= 11 is 0. The van der Waals surface area contributed by atoms with Crippen molar-refractivity contribution in [3.8, 4) is 0 Å². The summed E-state index contributed by atoms with van der Waals surface area (Å²) in [6, 6.07) is 11.0. The van der Waals surface area contributed by atoms with Crippen molar-refractivity contribution in [3.05, 3.63) is 76.4 Å². The minimum atomic E-state index is -0.150. The lowest BCUT2D eigenvalue weighted by Gasteiger charge is -2.31. The first-order chi connectivity index (χ1) is 19.3. The molecule has 1 saturated heterocycles. The van der Waals surface area contributed by atoms with E-state index in [1.54, 1.807) is 4.68 Å². The number of fused-ring (bicyclic) bond motifs is 1. The highest BCUT2D eigenvalue weighted by atomic mass is 16.1. The van der Waals surface area contributed by atoms with Crippen LogP contribution in [0.2, 0.25) is 0 Å². The van der Waals surface area contributed by atoms with Crippen molar-refractivity contribution in [2.45, 2.75) is 79.3 Å². The number of aryl methyl sites for hydroxylation is 3. The SMILES string of the molecule is CCC(=O)C(C)[C@H](c1ccc(C)c(Cn2ccnc2CN2CCC(CC)CC2)c1)c1ccc2c(nnn2C)c1C. The number of rotatable bonds is 10. The molecule has 0 bridgehead atoms. The standard InChI is InChI=1S/C33H44N6O/c1-7-25-13-16-38(17-14-25)21-31-34-15-18-39(31)20-27-19-26(10-9-22(27)3)32(24(5)30(40)8-2)28-11-12-29-33(23(28)4)35-36-37(29)6/h9-12,15,18-19,24-25,32H,7-8,13-14,16-17,20-21H2,1-6H3/t24?,32-/m1/s1. The third kappa shape index (κ3) is 5.62. The van der Waals surface area contributed by atoms with Gasteiger partial charge >= 0.3 is 0 Å². The zero-order valence-corrected chi connectivity index (χ0v) is 25.0. The summed E-state index contributed by atoms with van der Waals surface area (Å²) in [6.07, 6.45) is 8.41. The number of hydrogen-bond donors (Lipinski definition) is 0. The lowest BCUT2D eigenvalue weighted by Crippen LogP contribution is -2.34. The monoisotopic (exact) mass is 540 g/mol. The third-order valence-electron chi connectivity index (χ3n) is 9.29. The van der Waals surface area contributed by atoms with Crippen LogP contribution >= 0.6 is 0 Å². The number of hydrogen-bond acceptors (Lipinski definition) is 5. The smallest absolute Gasteiger partial charge is 0.136 e. The van der Waals surface area contributed by atoms with Crippen molar-refractivity contribution in [3.63, 3.8) is 0 Å². The Labute approximate surface area is 238 Å².